The number of benzene rings is 1. The fourth-order valence-corrected chi connectivity index (χ4v) is 3.21. The van der Waals surface area contributed by atoms with Gasteiger partial charge in [0.05, 0.1) is 6.54 Å². The lowest BCUT2D eigenvalue weighted by molar-refractivity contribution is 0.223. The third-order valence-electron chi connectivity index (χ3n) is 4.95. The van der Waals surface area contributed by atoms with Gasteiger partial charge in [0.15, 0.2) is 11.8 Å². The first-order valence-electron chi connectivity index (χ1n) is 9.83. The van der Waals surface area contributed by atoms with Crippen LogP contribution in [0.15, 0.2) is 29.3 Å². The van der Waals surface area contributed by atoms with E-state index in [4.69, 9.17) is 4.74 Å². The van der Waals surface area contributed by atoms with Crippen LogP contribution in [0.2, 0.25) is 0 Å². The fourth-order valence-electron chi connectivity index (χ4n) is 3.21. The summed E-state index contributed by atoms with van der Waals surface area (Å²) in [6.07, 6.45) is 4.64. The zero-order valence-electron chi connectivity index (χ0n) is 17.2. The van der Waals surface area contributed by atoms with Gasteiger partial charge in [0.2, 0.25) is 0 Å². The first-order chi connectivity index (χ1) is 13.5. The lowest BCUT2D eigenvalue weighted by Gasteiger charge is -2.20. The summed E-state index contributed by atoms with van der Waals surface area (Å²) in [6.45, 7) is 4.85. The predicted molar refractivity (Wildman–Crippen MR) is 122 cm³/mol. The van der Waals surface area contributed by atoms with Crippen LogP contribution >= 0.6 is 24.0 Å². The standard InChI is InChI=1S/C20H29FN6O.HI/c1-14(28-18-10-6-7-16(21)11-18)12-22-20(24-17-8-4-5-9-17)23-13-19-26-25-15(2)27(19)3;/h6-7,10-11,14,17H,4-5,8-9,12-13H2,1-3H3,(H2,22,23,24);1H. The zero-order valence-corrected chi connectivity index (χ0v) is 19.5. The smallest absolute Gasteiger partial charge is 0.192 e. The van der Waals surface area contributed by atoms with Gasteiger partial charge in [0.1, 0.15) is 30.0 Å². The van der Waals surface area contributed by atoms with Gasteiger partial charge in [-0.15, -0.1) is 34.2 Å². The highest BCUT2D eigenvalue weighted by atomic mass is 127. The minimum Gasteiger partial charge on any atom is -0.489 e. The number of hydrogen-bond acceptors (Lipinski definition) is 4. The van der Waals surface area contributed by atoms with Crippen LogP contribution in [0.1, 0.15) is 44.3 Å². The Morgan fingerprint density at radius 1 is 1.34 bits per heavy atom. The molecule has 1 heterocycles. The quantitative estimate of drug-likeness (QED) is 0.336. The van der Waals surface area contributed by atoms with E-state index >= 15 is 0 Å². The first kappa shape index (κ1) is 23.4. The Kier molecular flexibility index (Phi) is 9.12. The van der Waals surface area contributed by atoms with Crippen molar-refractivity contribution in [2.24, 2.45) is 12.0 Å². The molecule has 0 amide bonds. The summed E-state index contributed by atoms with van der Waals surface area (Å²) in [5.74, 6) is 2.63. The summed E-state index contributed by atoms with van der Waals surface area (Å²) in [5, 5.41) is 15.1. The van der Waals surface area contributed by atoms with Gasteiger partial charge in [-0.1, -0.05) is 18.9 Å². The molecule has 1 aromatic heterocycles. The van der Waals surface area contributed by atoms with Gasteiger partial charge >= 0.3 is 0 Å². The topological polar surface area (TPSA) is 76.4 Å². The van der Waals surface area contributed by atoms with Crippen LogP contribution in [0.4, 0.5) is 4.39 Å². The molecule has 0 spiro atoms. The minimum absolute atomic E-state index is 0. The second-order valence-corrected chi connectivity index (χ2v) is 7.28. The number of aliphatic imine (C=N–C) groups is 1. The molecule has 0 aliphatic heterocycles. The molecule has 7 nitrogen and oxygen atoms in total. The molecular formula is C20H30FIN6O. The Bertz CT molecular complexity index is 806. The van der Waals surface area contributed by atoms with E-state index in [1.807, 2.05) is 25.5 Å². The number of guanidine groups is 1. The number of nitrogens with zero attached hydrogens (tertiary/aromatic N) is 4. The van der Waals surface area contributed by atoms with E-state index in [-0.39, 0.29) is 35.9 Å². The summed E-state index contributed by atoms with van der Waals surface area (Å²) in [7, 11) is 1.94. The molecule has 0 bridgehead atoms. The van der Waals surface area contributed by atoms with E-state index in [1.165, 1.54) is 25.0 Å². The van der Waals surface area contributed by atoms with E-state index in [0.29, 0.717) is 24.9 Å². The van der Waals surface area contributed by atoms with E-state index < -0.39 is 0 Å². The molecule has 0 saturated heterocycles. The maximum Gasteiger partial charge on any atom is 0.192 e. The van der Waals surface area contributed by atoms with Gasteiger partial charge in [-0.3, -0.25) is 0 Å². The normalized spacial score (nSPS) is 15.7. The highest BCUT2D eigenvalue weighted by molar-refractivity contribution is 14.0. The second-order valence-electron chi connectivity index (χ2n) is 7.28. The average molecular weight is 516 g/mol. The van der Waals surface area contributed by atoms with Crippen LogP contribution in [0.3, 0.4) is 0 Å². The summed E-state index contributed by atoms with van der Waals surface area (Å²) in [5.41, 5.74) is 0. The van der Waals surface area contributed by atoms with Crippen molar-refractivity contribution in [3.05, 3.63) is 41.7 Å². The summed E-state index contributed by atoms with van der Waals surface area (Å²) in [4.78, 5) is 4.68. The van der Waals surface area contributed by atoms with Crippen molar-refractivity contribution >= 4 is 29.9 Å². The Balaban J connectivity index is 0.00000300. The van der Waals surface area contributed by atoms with Crippen molar-refractivity contribution in [3.63, 3.8) is 0 Å². The van der Waals surface area contributed by atoms with E-state index in [2.05, 4.69) is 25.8 Å². The van der Waals surface area contributed by atoms with Gasteiger partial charge in [-0.25, -0.2) is 9.38 Å². The first-order valence-corrected chi connectivity index (χ1v) is 9.83. The van der Waals surface area contributed by atoms with Crippen LogP contribution in [-0.4, -0.2) is 39.4 Å². The third kappa shape index (κ3) is 7.13. The van der Waals surface area contributed by atoms with Crippen molar-refractivity contribution < 1.29 is 9.13 Å². The SMILES string of the molecule is Cc1nnc(CN=C(NCC(C)Oc2cccc(F)c2)NC2CCCC2)n1C.I. The number of ether oxygens (including phenoxy) is 1. The molecule has 2 N–H and O–H groups in total. The summed E-state index contributed by atoms with van der Waals surface area (Å²) < 4.78 is 21.0. The Morgan fingerprint density at radius 2 is 2.10 bits per heavy atom. The van der Waals surface area contributed by atoms with Gasteiger partial charge in [-0.2, -0.15) is 0 Å². The maximum atomic E-state index is 13.3. The van der Waals surface area contributed by atoms with Crippen molar-refractivity contribution in [3.8, 4) is 5.75 Å². The predicted octanol–water partition coefficient (Wildman–Crippen LogP) is 3.33. The molecule has 3 rings (SSSR count). The van der Waals surface area contributed by atoms with E-state index in [9.17, 15) is 4.39 Å². The summed E-state index contributed by atoms with van der Waals surface area (Å²) in [6, 6.07) is 6.62. The number of halogens is 2. The summed E-state index contributed by atoms with van der Waals surface area (Å²) >= 11 is 0. The molecule has 9 heteroatoms. The third-order valence-corrected chi connectivity index (χ3v) is 4.95. The number of hydrogen-bond donors (Lipinski definition) is 2. The lowest BCUT2D eigenvalue weighted by atomic mass is 10.2. The van der Waals surface area contributed by atoms with Crippen molar-refractivity contribution in [2.45, 2.75) is 58.2 Å². The van der Waals surface area contributed by atoms with Crippen LogP contribution < -0.4 is 15.4 Å². The molecule has 1 aliphatic carbocycles. The van der Waals surface area contributed by atoms with Gasteiger partial charge in [-0.05, 0) is 38.8 Å². The molecule has 160 valence electrons. The average Bonchev–Trinajstić information content (AvgIpc) is 3.28. The second kappa shape index (κ2) is 11.3. The van der Waals surface area contributed by atoms with Crippen molar-refractivity contribution in [1.82, 2.24) is 25.4 Å². The molecule has 1 aliphatic rings. The zero-order chi connectivity index (χ0) is 19.9. The molecule has 0 radical (unpaired) electrons. The van der Waals surface area contributed by atoms with E-state index in [0.717, 1.165) is 30.5 Å². The van der Waals surface area contributed by atoms with Crippen molar-refractivity contribution in [2.75, 3.05) is 6.54 Å². The monoisotopic (exact) mass is 516 g/mol. The number of aryl methyl sites for hydroxylation is 1. The Labute approximate surface area is 188 Å². The highest BCUT2D eigenvalue weighted by Crippen LogP contribution is 2.17. The fraction of sp³-hybridized carbons (Fsp3) is 0.550. The van der Waals surface area contributed by atoms with Crippen LogP contribution in [0.25, 0.3) is 0 Å². The van der Waals surface area contributed by atoms with Gasteiger partial charge in [0.25, 0.3) is 0 Å². The molecule has 1 aromatic carbocycles. The van der Waals surface area contributed by atoms with E-state index in [1.54, 1.807) is 12.1 Å². The molecule has 29 heavy (non-hydrogen) atoms. The Hall–Kier alpha value is -1.91. The molecule has 1 unspecified atom stereocenters. The minimum atomic E-state index is -0.304. The molecule has 1 fully saturated rings. The highest BCUT2D eigenvalue weighted by Gasteiger charge is 2.17. The van der Waals surface area contributed by atoms with Crippen LogP contribution in [-0.2, 0) is 13.6 Å². The maximum absolute atomic E-state index is 13.3. The molecule has 1 atom stereocenters. The van der Waals surface area contributed by atoms with Crippen LogP contribution in [0.5, 0.6) is 5.75 Å². The molecular weight excluding hydrogens is 486 g/mol. The van der Waals surface area contributed by atoms with Crippen molar-refractivity contribution in [1.29, 1.82) is 0 Å². The number of rotatable bonds is 7. The molecule has 2 aromatic rings. The van der Waals surface area contributed by atoms with Gasteiger partial charge < -0.3 is 19.9 Å². The van der Waals surface area contributed by atoms with Crippen LogP contribution in [0, 0.1) is 12.7 Å². The number of nitrogens with one attached hydrogen (secondary N) is 2. The number of aromatic nitrogens is 3. The largest absolute Gasteiger partial charge is 0.489 e. The van der Waals surface area contributed by atoms with Gasteiger partial charge in [0, 0.05) is 19.2 Å². The molecule has 1 saturated carbocycles. The Morgan fingerprint density at radius 3 is 2.76 bits per heavy atom. The lowest BCUT2D eigenvalue weighted by Crippen LogP contribution is -2.45.